The molecule has 9 nitrogen and oxygen atoms in total. The highest BCUT2D eigenvalue weighted by molar-refractivity contribution is 5.97. The Morgan fingerprint density at radius 3 is 2.65 bits per heavy atom. The second-order valence-corrected chi connectivity index (χ2v) is 11.8. The van der Waals surface area contributed by atoms with Crippen LogP contribution in [0, 0.1) is 11.2 Å². The quantitative estimate of drug-likeness (QED) is 0.250. The number of fused-ring (bicyclic) bond motifs is 2. The molecule has 1 aliphatic rings. The van der Waals surface area contributed by atoms with Crippen LogP contribution < -0.4 is 10.2 Å². The minimum absolute atomic E-state index is 0.110. The molecule has 10 heteroatoms. The average molecular weight is 540 g/mol. The van der Waals surface area contributed by atoms with Crippen LogP contribution in [0.3, 0.4) is 0 Å². The van der Waals surface area contributed by atoms with Gasteiger partial charge in [-0.15, -0.1) is 0 Å². The number of H-pyrrole nitrogens is 2. The molecular weight excluding hydrogens is 505 g/mol. The summed E-state index contributed by atoms with van der Waals surface area (Å²) < 4.78 is 15.3. The van der Waals surface area contributed by atoms with Crippen molar-refractivity contribution in [3.05, 3.63) is 60.9 Å². The van der Waals surface area contributed by atoms with Crippen molar-refractivity contribution in [1.29, 1.82) is 0 Å². The lowest BCUT2D eigenvalue weighted by Gasteiger charge is -2.33. The average Bonchev–Trinajstić information content (AvgIpc) is 3.52. The zero-order chi connectivity index (χ0) is 28.0. The predicted molar refractivity (Wildman–Crippen MR) is 159 cm³/mol. The maximum Gasteiger partial charge on any atom is 0.157 e. The van der Waals surface area contributed by atoms with Gasteiger partial charge < -0.3 is 20.1 Å². The second kappa shape index (κ2) is 10.0. The summed E-state index contributed by atoms with van der Waals surface area (Å²) in [6.07, 6.45) is 6.09. The minimum atomic E-state index is -0.415. The first-order valence-electron chi connectivity index (χ1n) is 13.5. The summed E-state index contributed by atoms with van der Waals surface area (Å²) in [6.45, 7) is 14.4. The highest BCUT2D eigenvalue weighted by Crippen LogP contribution is 2.34. The molecule has 1 aliphatic heterocycles. The van der Waals surface area contributed by atoms with E-state index in [1.165, 1.54) is 6.07 Å². The van der Waals surface area contributed by atoms with E-state index >= 15 is 4.39 Å². The molecule has 0 radical (unpaired) electrons. The first-order chi connectivity index (χ1) is 19.1. The molecule has 1 fully saturated rings. The molecule has 0 spiro atoms. The SMILES string of the molecule is C=C(CC(C)(C)C)Nc1cncc(-c2cc(F)c3n[nH]c(-c4nc5c(N6CCN(C)CC6)nccc5[nH]4)c3c2)c1. The standard InChI is InChI=1S/C30H34FN9/c1-18(15-30(2,3)4)34-21-12-20(16-32-17-21)19-13-22-25(23(31)14-19)37-38-26(22)28-35-24-6-7-33-29(27(24)36-28)40-10-8-39(5)9-11-40/h6-7,12-14,16-17,34H,1,8-11,15H2,2-5H3,(H,35,36)(H,37,38). The molecule has 5 heterocycles. The zero-order valence-corrected chi connectivity index (χ0v) is 23.3. The second-order valence-electron chi connectivity index (χ2n) is 11.8. The molecule has 1 aromatic carbocycles. The maximum atomic E-state index is 15.3. The number of likely N-dealkylation sites (N-methyl/N-ethyl adjacent to an activating group) is 1. The Morgan fingerprint density at radius 1 is 1.07 bits per heavy atom. The van der Waals surface area contributed by atoms with Crippen LogP contribution in [0.15, 0.2) is 55.1 Å². The summed E-state index contributed by atoms with van der Waals surface area (Å²) in [5, 5.41) is 11.3. The van der Waals surface area contributed by atoms with Gasteiger partial charge in [0.2, 0.25) is 0 Å². The predicted octanol–water partition coefficient (Wildman–Crippen LogP) is 5.82. The number of allylic oxidation sites excluding steroid dienone is 1. The molecule has 0 unspecified atom stereocenters. The number of pyridine rings is 2. The van der Waals surface area contributed by atoms with Gasteiger partial charge >= 0.3 is 0 Å². The Hall–Kier alpha value is -4.31. The molecule has 6 rings (SSSR count). The lowest BCUT2D eigenvalue weighted by molar-refractivity contribution is 0.312. The molecule has 3 N–H and O–H groups in total. The summed E-state index contributed by atoms with van der Waals surface area (Å²) in [5.41, 5.74) is 5.85. The van der Waals surface area contributed by atoms with Crippen LogP contribution in [0.2, 0.25) is 0 Å². The van der Waals surface area contributed by atoms with Crippen LogP contribution >= 0.6 is 0 Å². The topological polar surface area (TPSA) is 102 Å². The van der Waals surface area contributed by atoms with Gasteiger partial charge in [-0.1, -0.05) is 27.4 Å². The van der Waals surface area contributed by atoms with Crippen molar-refractivity contribution in [3.63, 3.8) is 0 Å². The molecule has 206 valence electrons. The van der Waals surface area contributed by atoms with E-state index in [1.807, 2.05) is 18.2 Å². The fourth-order valence-corrected chi connectivity index (χ4v) is 5.27. The molecule has 0 aliphatic carbocycles. The molecule has 0 atom stereocenters. The third-order valence-corrected chi connectivity index (χ3v) is 7.17. The number of nitrogens with zero attached hydrogens (tertiary/aromatic N) is 6. The van der Waals surface area contributed by atoms with Crippen molar-refractivity contribution in [2.45, 2.75) is 27.2 Å². The Bertz CT molecular complexity index is 1700. The summed E-state index contributed by atoms with van der Waals surface area (Å²) in [6, 6.07) is 7.28. The van der Waals surface area contributed by atoms with Gasteiger partial charge in [-0.2, -0.15) is 5.10 Å². The van der Waals surface area contributed by atoms with E-state index in [0.29, 0.717) is 22.5 Å². The van der Waals surface area contributed by atoms with Crippen LogP contribution in [0.1, 0.15) is 27.2 Å². The number of nitrogens with one attached hydrogen (secondary N) is 3. The van der Waals surface area contributed by atoms with E-state index in [9.17, 15) is 0 Å². The smallest absolute Gasteiger partial charge is 0.157 e. The van der Waals surface area contributed by atoms with Crippen LogP contribution in [-0.4, -0.2) is 68.3 Å². The van der Waals surface area contributed by atoms with Gasteiger partial charge in [0, 0.05) is 55.2 Å². The normalized spacial score (nSPS) is 14.8. The summed E-state index contributed by atoms with van der Waals surface area (Å²) in [4.78, 5) is 21.9. The van der Waals surface area contributed by atoms with Gasteiger partial charge in [0.05, 0.1) is 17.4 Å². The third-order valence-electron chi connectivity index (χ3n) is 7.17. The van der Waals surface area contributed by atoms with E-state index < -0.39 is 5.82 Å². The van der Waals surface area contributed by atoms with E-state index in [0.717, 1.165) is 66.4 Å². The number of anilines is 2. The highest BCUT2D eigenvalue weighted by atomic mass is 19.1. The first kappa shape index (κ1) is 25.9. The Morgan fingerprint density at radius 2 is 1.88 bits per heavy atom. The van der Waals surface area contributed by atoms with E-state index in [1.54, 1.807) is 18.6 Å². The molecule has 0 amide bonds. The van der Waals surface area contributed by atoms with Gasteiger partial charge in [0.25, 0.3) is 0 Å². The Balaban J connectivity index is 1.36. The summed E-state index contributed by atoms with van der Waals surface area (Å²) >= 11 is 0. The molecule has 4 aromatic heterocycles. The fourth-order valence-electron chi connectivity index (χ4n) is 5.27. The zero-order valence-electron chi connectivity index (χ0n) is 23.3. The number of aromatic nitrogens is 6. The molecule has 0 bridgehead atoms. The van der Waals surface area contributed by atoms with Crippen molar-refractivity contribution in [2.75, 3.05) is 43.4 Å². The van der Waals surface area contributed by atoms with Crippen molar-refractivity contribution in [3.8, 4) is 22.6 Å². The lowest BCUT2D eigenvalue weighted by atomic mass is 9.91. The summed E-state index contributed by atoms with van der Waals surface area (Å²) in [7, 11) is 2.13. The van der Waals surface area contributed by atoms with E-state index in [-0.39, 0.29) is 10.9 Å². The van der Waals surface area contributed by atoms with E-state index in [4.69, 9.17) is 4.98 Å². The van der Waals surface area contributed by atoms with Gasteiger partial charge in [-0.3, -0.25) is 10.1 Å². The van der Waals surface area contributed by atoms with E-state index in [2.05, 4.69) is 74.7 Å². The van der Waals surface area contributed by atoms with Crippen molar-refractivity contribution in [1.82, 2.24) is 35.0 Å². The van der Waals surface area contributed by atoms with Crippen molar-refractivity contribution < 1.29 is 4.39 Å². The van der Waals surface area contributed by atoms with Crippen LogP contribution in [0.25, 0.3) is 44.6 Å². The number of hydrogen-bond acceptors (Lipinski definition) is 7. The monoisotopic (exact) mass is 539 g/mol. The number of aromatic amines is 2. The van der Waals surface area contributed by atoms with Crippen molar-refractivity contribution >= 4 is 33.4 Å². The number of halogens is 1. The van der Waals surface area contributed by atoms with Gasteiger partial charge in [-0.25, -0.2) is 14.4 Å². The fraction of sp³-hybridized carbons (Fsp3) is 0.333. The number of hydrogen-bond donors (Lipinski definition) is 3. The number of imidazole rings is 1. The van der Waals surface area contributed by atoms with Gasteiger partial charge in [0.15, 0.2) is 17.5 Å². The molecule has 1 saturated heterocycles. The van der Waals surface area contributed by atoms with Crippen LogP contribution in [0.5, 0.6) is 0 Å². The number of piperazine rings is 1. The van der Waals surface area contributed by atoms with Crippen LogP contribution in [-0.2, 0) is 0 Å². The number of rotatable bonds is 6. The lowest BCUT2D eigenvalue weighted by Crippen LogP contribution is -2.44. The minimum Gasteiger partial charge on any atom is -0.358 e. The Labute approximate surface area is 232 Å². The number of benzene rings is 1. The highest BCUT2D eigenvalue weighted by Gasteiger charge is 2.22. The third kappa shape index (κ3) is 5.14. The molecule has 40 heavy (non-hydrogen) atoms. The first-order valence-corrected chi connectivity index (χ1v) is 13.5. The summed E-state index contributed by atoms with van der Waals surface area (Å²) in [5.74, 6) is 1.03. The maximum absolute atomic E-state index is 15.3. The largest absolute Gasteiger partial charge is 0.358 e. The van der Waals surface area contributed by atoms with Crippen molar-refractivity contribution in [2.24, 2.45) is 5.41 Å². The van der Waals surface area contributed by atoms with Gasteiger partial charge in [-0.05, 0) is 48.7 Å². The molecular formula is C30H34FN9. The Kier molecular flexibility index (Phi) is 6.50. The van der Waals surface area contributed by atoms with Gasteiger partial charge in [0.1, 0.15) is 16.7 Å². The molecule has 0 saturated carbocycles. The van der Waals surface area contributed by atoms with Crippen LogP contribution in [0.4, 0.5) is 15.9 Å². The molecule has 5 aromatic rings.